The van der Waals surface area contributed by atoms with Crippen LogP contribution in [0.3, 0.4) is 0 Å². The molecule has 0 radical (unpaired) electrons. The van der Waals surface area contributed by atoms with E-state index in [-0.39, 0.29) is 13.0 Å². The lowest BCUT2D eigenvalue weighted by atomic mass is 9.99. The van der Waals surface area contributed by atoms with Crippen LogP contribution in [0.1, 0.15) is 41.0 Å². The molecule has 24 heavy (non-hydrogen) atoms. The highest BCUT2D eigenvalue weighted by Gasteiger charge is 2.48. The van der Waals surface area contributed by atoms with E-state index >= 15 is 0 Å². The second-order valence-corrected chi connectivity index (χ2v) is 7.10. The molecule has 1 rings (SSSR count). The minimum atomic E-state index is -1.13. The Morgan fingerprint density at radius 2 is 1.67 bits per heavy atom. The van der Waals surface area contributed by atoms with Crippen LogP contribution in [0.5, 0.6) is 0 Å². The van der Waals surface area contributed by atoms with Crippen LogP contribution in [0.4, 0.5) is 4.79 Å². The van der Waals surface area contributed by atoms with E-state index in [1.807, 2.05) is 0 Å². The zero-order valence-corrected chi connectivity index (χ0v) is 15.4. The number of esters is 2. The molecule has 1 amide bonds. The molecule has 1 aliphatic heterocycles. The molecule has 0 spiro atoms. The van der Waals surface area contributed by atoms with Gasteiger partial charge in [0.1, 0.15) is 11.3 Å². The van der Waals surface area contributed by atoms with Crippen LogP contribution >= 0.6 is 0 Å². The fraction of sp³-hybridized carbons (Fsp3) is 0.812. The standard InChI is InChI=1S/C16H27NO7/c1-15(2,3)24-14(20)17-10(9-23-16(17,4)5)8-11(12(18)21-6)13(19)22-7/h10-11H,8-9H2,1-7H3/t10-/m1/s1. The monoisotopic (exact) mass is 345 g/mol. The Kier molecular flexibility index (Phi) is 6.21. The first-order valence-electron chi connectivity index (χ1n) is 7.75. The molecule has 1 aliphatic rings. The summed E-state index contributed by atoms with van der Waals surface area (Å²) in [5.74, 6) is -2.56. The summed E-state index contributed by atoms with van der Waals surface area (Å²) in [6, 6.07) is -0.516. The summed E-state index contributed by atoms with van der Waals surface area (Å²) in [6.45, 7) is 8.90. The van der Waals surface area contributed by atoms with Gasteiger partial charge in [-0.25, -0.2) is 4.79 Å². The topological polar surface area (TPSA) is 91.4 Å². The Balaban J connectivity index is 3.01. The van der Waals surface area contributed by atoms with Crippen LogP contribution < -0.4 is 0 Å². The smallest absolute Gasteiger partial charge is 0.412 e. The van der Waals surface area contributed by atoms with Crippen molar-refractivity contribution >= 4 is 18.0 Å². The van der Waals surface area contributed by atoms with Crippen LogP contribution in [-0.4, -0.2) is 61.1 Å². The largest absolute Gasteiger partial charge is 0.468 e. The SMILES string of the molecule is COC(=O)C(C[C@@H]1COC(C)(C)N1C(=O)OC(C)(C)C)C(=O)OC. The molecule has 1 atom stereocenters. The molecule has 0 aliphatic carbocycles. The minimum Gasteiger partial charge on any atom is -0.468 e. The van der Waals surface area contributed by atoms with Gasteiger partial charge in [-0.3, -0.25) is 14.5 Å². The first-order valence-corrected chi connectivity index (χ1v) is 7.75. The number of ether oxygens (including phenoxy) is 4. The number of carbonyl (C=O) groups is 3. The van der Waals surface area contributed by atoms with Crippen molar-refractivity contribution in [1.29, 1.82) is 0 Å². The van der Waals surface area contributed by atoms with Crippen LogP contribution in [0.2, 0.25) is 0 Å². The molecule has 1 saturated heterocycles. The van der Waals surface area contributed by atoms with Gasteiger partial charge in [0, 0.05) is 0 Å². The summed E-state index contributed by atoms with van der Waals surface area (Å²) >= 11 is 0. The average Bonchev–Trinajstić information content (AvgIpc) is 2.76. The second kappa shape index (κ2) is 7.38. The Bertz CT molecular complexity index is 479. The fourth-order valence-corrected chi connectivity index (χ4v) is 2.58. The Labute approximate surface area is 142 Å². The molecule has 0 aromatic carbocycles. The summed E-state index contributed by atoms with van der Waals surface area (Å²) in [7, 11) is 2.39. The van der Waals surface area contributed by atoms with Gasteiger partial charge < -0.3 is 18.9 Å². The molecule has 0 unspecified atom stereocenters. The Morgan fingerprint density at radius 3 is 2.08 bits per heavy atom. The lowest BCUT2D eigenvalue weighted by Gasteiger charge is -2.35. The maximum Gasteiger partial charge on any atom is 0.412 e. The number of carbonyl (C=O) groups excluding carboxylic acids is 3. The first kappa shape index (κ1) is 20.2. The normalized spacial score (nSPS) is 20.0. The van der Waals surface area contributed by atoms with Crippen molar-refractivity contribution in [3.8, 4) is 0 Å². The summed E-state index contributed by atoms with van der Waals surface area (Å²) in [5.41, 5.74) is -1.59. The molecule has 0 bridgehead atoms. The van der Waals surface area contributed by atoms with Gasteiger partial charge in [0.25, 0.3) is 0 Å². The molecular formula is C16H27NO7. The fourth-order valence-electron chi connectivity index (χ4n) is 2.58. The van der Waals surface area contributed by atoms with E-state index in [0.717, 1.165) is 0 Å². The van der Waals surface area contributed by atoms with Gasteiger partial charge in [0.15, 0.2) is 5.92 Å². The summed E-state index contributed by atoms with van der Waals surface area (Å²) < 4.78 is 20.4. The predicted molar refractivity (Wildman–Crippen MR) is 84.0 cm³/mol. The molecule has 1 fully saturated rings. The molecule has 0 aromatic rings. The van der Waals surface area contributed by atoms with Gasteiger partial charge in [-0.05, 0) is 41.0 Å². The van der Waals surface area contributed by atoms with E-state index in [2.05, 4.69) is 9.47 Å². The van der Waals surface area contributed by atoms with E-state index in [0.29, 0.717) is 0 Å². The number of nitrogens with zero attached hydrogens (tertiary/aromatic N) is 1. The average molecular weight is 345 g/mol. The zero-order chi connectivity index (χ0) is 18.7. The molecule has 138 valence electrons. The molecule has 0 saturated carbocycles. The highest BCUT2D eigenvalue weighted by atomic mass is 16.6. The van der Waals surface area contributed by atoms with Gasteiger partial charge in [-0.2, -0.15) is 0 Å². The van der Waals surface area contributed by atoms with Gasteiger partial charge in [0.05, 0.1) is 26.9 Å². The van der Waals surface area contributed by atoms with E-state index in [4.69, 9.17) is 9.47 Å². The third kappa shape index (κ3) is 4.83. The molecule has 0 aromatic heterocycles. The maximum atomic E-state index is 12.5. The Morgan fingerprint density at radius 1 is 1.17 bits per heavy atom. The molecule has 8 heteroatoms. The van der Waals surface area contributed by atoms with E-state index in [9.17, 15) is 14.4 Å². The summed E-state index contributed by atoms with van der Waals surface area (Å²) in [5, 5.41) is 0. The van der Waals surface area contributed by atoms with Crippen molar-refractivity contribution in [1.82, 2.24) is 4.90 Å². The lowest BCUT2D eigenvalue weighted by Crippen LogP contribution is -2.51. The van der Waals surface area contributed by atoms with Gasteiger partial charge in [0.2, 0.25) is 0 Å². The number of amides is 1. The predicted octanol–water partition coefficient (Wildman–Crippen LogP) is 1.71. The van der Waals surface area contributed by atoms with Crippen molar-refractivity contribution < 1.29 is 33.3 Å². The number of hydrogen-bond acceptors (Lipinski definition) is 7. The van der Waals surface area contributed by atoms with E-state index in [1.54, 1.807) is 34.6 Å². The maximum absolute atomic E-state index is 12.5. The van der Waals surface area contributed by atoms with Crippen molar-refractivity contribution in [2.24, 2.45) is 5.92 Å². The van der Waals surface area contributed by atoms with Crippen molar-refractivity contribution in [3.05, 3.63) is 0 Å². The van der Waals surface area contributed by atoms with E-state index < -0.39 is 41.3 Å². The van der Waals surface area contributed by atoms with Crippen LogP contribution in [-0.2, 0) is 28.5 Å². The highest BCUT2D eigenvalue weighted by Crippen LogP contribution is 2.32. The molecule has 1 heterocycles. The summed E-state index contributed by atoms with van der Waals surface area (Å²) in [6.07, 6.45) is -0.536. The van der Waals surface area contributed by atoms with Gasteiger partial charge in [-0.1, -0.05) is 0 Å². The van der Waals surface area contributed by atoms with Crippen molar-refractivity contribution in [2.75, 3.05) is 20.8 Å². The number of methoxy groups -OCH3 is 2. The second-order valence-electron chi connectivity index (χ2n) is 7.10. The zero-order valence-electron chi connectivity index (χ0n) is 15.4. The molecule has 0 N–H and O–H groups in total. The first-order chi connectivity index (χ1) is 10.9. The highest BCUT2D eigenvalue weighted by molar-refractivity contribution is 5.94. The van der Waals surface area contributed by atoms with Crippen LogP contribution in [0.15, 0.2) is 0 Å². The Hall–Kier alpha value is -1.83. The van der Waals surface area contributed by atoms with Crippen LogP contribution in [0, 0.1) is 5.92 Å². The third-order valence-corrected chi connectivity index (χ3v) is 3.64. The summed E-state index contributed by atoms with van der Waals surface area (Å²) in [4.78, 5) is 37.7. The van der Waals surface area contributed by atoms with Gasteiger partial charge >= 0.3 is 18.0 Å². The van der Waals surface area contributed by atoms with E-state index in [1.165, 1.54) is 19.1 Å². The lowest BCUT2D eigenvalue weighted by molar-refractivity contribution is -0.159. The molecule has 8 nitrogen and oxygen atoms in total. The molecular weight excluding hydrogens is 318 g/mol. The number of hydrogen-bond donors (Lipinski definition) is 0. The number of rotatable bonds is 4. The quantitative estimate of drug-likeness (QED) is 0.435. The van der Waals surface area contributed by atoms with Gasteiger partial charge in [-0.15, -0.1) is 0 Å². The van der Waals surface area contributed by atoms with Crippen molar-refractivity contribution in [3.63, 3.8) is 0 Å². The van der Waals surface area contributed by atoms with Crippen LogP contribution in [0.25, 0.3) is 0 Å². The third-order valence-electron chi connectivity index (χ3n) is 3.64. The minimum absolute atomic E-state index is 0.0298. The van der Waals surface area contributed by atoms with Crippen molar-refractivity contribution in [2.45, 2.75) is 58.4 Å².